The van der Waals surface area contributed by atoms with Crippen LogP contribution >= 0.6 is 0 Å². The second-order valence-electron chi connectivity index (χ2n) is 7.67. The van der Waals surface area contributed by atoms with Gasteiger partial charge in [0, 0.05) is 43.6 Å². The van der Waals surface area contributed by atoms with Crippen LogP contribution in [-0.4, -0.2) is 65.9 Å². The van der Waals surface area contributed by atoms with E-state index in [2.05, 4.69) is 26.9 Å². The predicted molar refractivity (Wildman–Crippen MR) is 93.3 cm³/mol. The molecule has 3 fully saturated rings. The van der Waals surface area contributed by atoms with Crippen molar-refractivity contribution in [2.24, 2.45) is 0 Å². The van der Waals surface area contributed by atoms with Crippen LogP contribution in [0.15, 0.2) is 6.07 Å². The Morgan fingerprint density at radius 3 is 2.60 bits per heavy atom. The van der Waals surface area contributed by atoms with Crippen LogP contribution in [-0.2, 0) is 4.79 Å². The summed E-state index contributed by atoms with van der Waals surface area (Å²) in [5.74, 6) is 1.08. The number of nitrogens with zero attached hydrogens (tertiary/aromatic N) is 2. The van der Waals surface area contributed by atoms with Crippen molar-refractivity contribution in [3.05, 3.63) is 17.5 Å². The van der Waals surface area contributed by atoms with Gasteiger partial charge < -0.3 is 15.5 Å². The lowest BCUT2D eigenvalue weighted by Crippen LogP contribution is -2.46. The fourth-order valence-electron chi connectivity index (χ4n) is 4.40. The van der Waals surface area contributed by atoms with Gasteiger partial charge in [-0.1, -0.05) is 0 Å². The number of rotatable bonds is 3. The summed E-state index contributed by atoms with van der Waals surface area (Å²) < 4.78 is 13.3. The number of amides is 1. The molecule has 7 heteroatoms. The number of carbonyl (C=O) groups is 1. The van der Waals surface area contributed by atoms with Gasteiger partial charge in [-0.3, -0.25) is 9.89 Å². The maximum Gasteiger partial charge on any atom is 0.239 e. The highest BCUT2D eigenvalue weighted by atomic mass is 19.1. The van der Waals surface area contributed by atoms with E-state index in [1.54, 1.807) is 0 Å². The molecule has 3 aliphatic heterocycles. The number of piperidine rings is 2. The molecule has 4 rings (SSSR count). The smallest absolute Gasteiger partial charge is 0.239 e. The molecule has 1 aromatic rings. The van der Waals surface area contributed by atoms with Crippen LogP contribution in [0.1, 0.15) is 55.3 Å². The standard InChI is InChI=1S/C18H28FN5O/c19-14-9-17(21-11-14)18(25)24-7-3-13(4-8-24)16-10-15(22-23-16)12-1-5-20-6-2-12/h10,12-14,17,20-21H,1-9,11H2,(H,22,23)/t14-,17+/m0/s1. The first-order valence-electron chi connectivity index (χ1n) is 9.63. The molecule has 3 aliphatic rings. The lowest BCUT2D eigenvalue weighted by Gasteiger charge is -2.33. The molecule has 0 saturated carbocycles. The summed E-state index contributed by atoms with van der Waals surface area (Å²) in [6, 6.07) is 1.91. The van der Waals surface area contributed by atoms with Gasteiger partial charge in [0.1, 0.15) is 6.17 Å². The number of hydrogen-bond acceptors (Lipinski definition) is 4. The Labute approximate surface area is 147 Å². The van der Waals surface area contributed by atoms with Crippen molar-refractivity contribution in [1.29, 1.82) is 0 Å². The summed E-state index contributed by atoms with van der Waals surface area (Å²) in [5.41, 5.74) is 2.41. The number of halogens is 1. The van der Waals surface area contributed by atoms with Crippen molar-refractivity contribution >= 4 is 5.91 Å². The molecule has 0 unspecified atom stereocenters. The summed E-state index contributed by atoms with van der Waals surface area (Å²) in [6.07, 6.45) is 3.64. The van der Waals surface area contributed by atoms with Crippen molar-refractivity contribution in [2.45, 2.75) is 56.2 Å². The first-order chi connectivity index (χ1) is 12.2. The van der Waals surface area contributed by atoms with Crippen LogP contribution < -0.4 is 10.6 Å². The van der Waals surface area contributed by atoms with E-state index in [1.807, 2.05) is 4.90 Å². The number of hydrogen-bond donors (Lipinski definition) is 3. The number of likely N-dealkylation sites (tertiary alicyclic amines) is 1. The van der Waals surface area contributed by atoms with Crippen molar-refractivity contribution in [2.75, 3.05) is 32.7 Å². The van der Waals surface area contributed by atoms with Crippen LogP contribution in [0, 0.1) is 0 Å². The summed E-state index contributed by atoms with van der Waals surface area (Å²) in [6.45, 7) is 3.95. The number of aromatic nitrogens is 2. The van der Waals surface area contributed by atoms with E-state index in [-0.39, 0.29) is 11.9 Å². The Morgan fingerprint density at radius 2 is 1.92 bits per heavy atom. The van der Waals surface area contributed by atoms with Crippen molar-refractivity contribution in [3.8, 4) is 0 Å². The molecule has 0 radical (unpaired) electrons. The van der Waals surface area contributed by atoms with Crippen LogP contribution in [0.5, 0.6) is 0 Å². The van der Waals surface area contributed by atoms with Crippen LogP contribution in [0.2, 0.25) is 0 Å². The minimum Gasteiger partial charge on any atom is -0.341 e. The second-order valence-corrected chi connectivity index (χ2v) is 7.67. The van der Waals surface area contributed by atoms with E-state index >= 15 is 0 Å². The van der Waals surface area contributed by atoms with Gasteiger partial charge in [0.15, 0.2) is 0 Å². The predicted octanol–water partition coefficient (Wildman–Crippen LogP) is 1.28. The molecule has 6 nitrogen and oxygen atoms in total. The molecule has 0 aliphatic carbocycles. The average Bonchev–Trinajstić information content (AvgIpc) is 3.31. The van der Waals surface area contributed by atoms with Gasteiger partial charge in [-0.2, -0.15) is 5.10 Å². The van der Waals surface area contributed by atoms with Gasteiger partial charge >= 0.3 is 0 Å². The van der Waals surface area contributed by atoms with Gasteiger partial charge in [0.25, 0.3) is 0 Å². The Bertz CT molecular complexity index is 592. The minimum atomic E-state index is -0.884. The van der Waals surface area contributed by atoms with Gasteiger partial charge in [-0.25, -0.2) is 4.39 Å². The summed E-state index contributed by atoms with van der Waals surface area (Å²) in [5, 5.41) is 14.2. The Morgan fingerprint density at radius 1 is 1.16 bits per heavy atom. The molecule has 138 valence electrons. The quantitative estimate of drug-likeness (QED) is 0.769. The third-order valence-corrected chi connectivity index (χ3v) is 6.00. The number of nitrogens with one attached hydrogen (secondary N) is 3. The zero-order chi connectivity index (χ0) is 17.2. The van der Waals surface area contributed by atoms with Gasteiger partial charge in [0.05, 0.1) is 11.7 Å². The van der Waals surface area contributed by atoms with Gasteiger partial charge in [-0.05, 0) is 44.8 Å². The lowest BCUT2D eigenvalue weighted by molar-refractivity contribution is -0.134. The van der Waals surface area contributed by atoms with E-state index in [4.69, 9.17) is 0 Å². The molecule has 25 heavy (non-hydrogen) atoms. The van der Waals surface area contributed by atoms with Crippen molar-refractivity contribution in [3.63, 3.8) is 0 Å². The average molecular weight is 349 g/mol. The number of aromatic amines is 1. The normalized spacial score (nSPS) is 29.2. The lowest BCUT2D eigenvalue weighted by atomic mass is 9.90. The molecular formula is C18H28FN5O. The molecule has 2 atom stereocenters. The summed E-state index contributed by atoms with van der Waals surface area (Å²) >= 11 is 0. The number of alkyl halides is 1. The maximum absolute atomic E-state index is 13.3. The number of H-pyrrole nitrogens is 1. The molecule has 0 bridgehead atoms. The monoisotopic (exact) mass is 349 g/mol. The zero-order valence-corrected chi connectivity index (χ0v) is 14.6. The van der Waals surface area contributed by atoms with Crippen LogP contribution in [0.3, 0.4) is 0 Å². The SMILES string of the molecule is O=C([C@H]1C[C@H](F)CN1)N1CCC(c2cc(C3CCNCC3)n[nH]2)CC1. The van der Waals surface area contributed by atoms with Crippen LogP contribution in [0.4, 0.5) is 4.39 Å². The molecule has 0 aromatic carbocycles. The topological polar surface area (TPSA) is 73.1 Å². The Balaban J connectivity index is 1.31. The molecule has 3 N–H and O–H groups in total. The third kappa shape index (κ3) is 3.72. The second kappa shape index (κ2) is 7.41. The van der Waals surface area contributed by atoms with E-state index in [9.17, 15) is 9.18 Å². The zero-order valence-electron chi connectivity index (χ0n) is 14.6. The summed E-state index contributed by atoms with van der Waals surface area (Å²) in [4.78, 5) is 14.4. The Hall–Kier alpha value is -1.47. The van der Waals surface area contributed by atoms with Crippen molar-refractivity contribution in [1.82, 2.24) is 25.7 Å². The molecule has 1 amide bonds. The van der Waals surface area contributed by atoms with Crippen LogP contribution in [0.25, 0.3) is 0 Å². The van der Waals surface area contributed by atoms with Gasteiger partial charge in [0.2, 0.25) is 5.91 Å². The third-order valence-electron chi connectivity index (χ3n) is 6.00. The summed E-state index contributed by atoms with van der Waals surface area (Å²) in [7, 11) is 0. The fraction of sp³-hybridized carbons (Fsp3) is 0.778. The van der Waals surface area contributed by atoms with Gasteiger partial charge in [-0.15, -0.1) is 0 Å². The van der Waals surface area contributed by atoms with Crippen molar-refractivity contribution < 1.29 is 9.18 Å². The highest BCUT2D eigenvalue weighted by Gasteiger charge is 2.34. The maximum atomic E-state index is 13.3. The molecule has 1 aromatic heterocycles. The molecular weight excluding hydrogens is 321 g/mol. The first kappa shape index (κ1) is 17.0. The largest absolute Gasteiger partial charge is 0.341 e. The first-order valence-corrected chi connectivity index (χ1v) is 9.63. The van der Waals surface area contributed by atoms with E-state index in [0.717, 1.165) is 51.9 Å². The molecule has 4 heterocycles. The highest BCUT2D eigenvalue weighted by molar-refractivity contribution is 5.82. The van der Waals surface area contributed by atoms with E-state index in [0.29, 0.717) is 24.8 Å². The van der Waals surface area contributed by atoms with E-state index < -0.39 is 6.17 Å². The molecule has 0 spiro atoms. The minimum absolute atomic E-state index is 0.0682. The molecule has 3 saturated heterocycles. The highest BCUT2D eigenvalue weighted by Crippen LogP contribution is 2.31. The Kier molecular flexibility index (Phi) is 5.03. The van der Waals surface area contributed by atoms with E-state index in [1.165, 1.54) is 11.4 Å². The number of carbonyl (C=O) groups excluding carboxylic acids is 1. The fourth-order valence-corrected chi connectivity index (χ4v) is 4.40.